The third-order valence-corrected chi connectivity index (χ3v) is 3.29. The molecule has 7 heteroatoms. The highest BCUT2D eigenvalue weighted by Crippen LogP contribution is 2.24. The Bertz CT molecular complexity index is 539. The van der Waals surface area contributed by atoms with E-state index >= 15 is 0 Å². The Morgan fingerprint density at radius 2 is 2.00 bits per heavy atom. The number of hydrogen-bond acceptors (Lipinski definition) is 4. The Hall–Kier alpha value is -1.14. The van der Waals surface area contributed by atoms with E-state index in [1.165, 1.54) is 6.92 Å². The third-order valence-electron chi connectivity index (χ3n) is 1.93. The van der Waals surface area contributed by atoms with Gasteiger partial charge in [0, 0.05) is 10.7 Å². The van der Waals surface area contributed by atoms with E-state index < -0.39 is 25.7 Å². The second kappa shape index (κ2) is 4.39. The highest BCUT2D eigenvalue weighted by atomic mass is 35.7. The second-order valence-corrected chi connectivity index (χ2v) is 5.56. The van der Waals surface area contributed by atoms with Gasteiger partial charge in [0.1, 0.15) is 5.82 Å². The first-order valence-corrected chi connectivity index (χ1v) is 6.41. The molecule has 0 spiro atoms. The summed E-state index contributed by atoms with van der Waals surface area (Å²) in [6.45, 7) is 1.40. The molecule has 0 heterocycles. The van der Waals surface area contributed by atoms with Gasteiger partial charge in [-0.25, -0.2) is 17.6 Å². The minimum absolute atomic E-state index is 0.129. The fourth-order valence-electron chi connectivity index (χ4n) is 1.13. The van der Waals surface area contributed by atoms with Gasteiger partial charge in [0.15, 0.2) is 0 Å². The van der Waals surface area contributed by atoms with Crippen molar-refractivity contribution in [1.29, 1.82) is 0 Å². The van der Waals surface area contributed by atoms with Gasteiger partial charge in [-0.15, -0.1) is 0 Å². The minimum Gasteiger partial charge on any atom is -0.465 e. The maximum Gasteiger partial charge on any atom is 0.339 e. The molecular weight excluding hydrogens is 259 g/mol. The van der Waals surface area contributed by atoms with Crippen LogP contribution in [0.4, 0.5) is 4.39 Å². The fraction of sp³-hybridized carbons (Fsp3) is 0.222. The van der Waals surface area contributed by atoms with E-state index in [1.54, 1.807) is 0 Å². The van der Waals surface area contributed by atoms with E-state index in [4.69, 9.17) is 10.7 Å². The van der Waals surface area contributed by atoms with Crippen LogP contribution in [0.2, 0.25) is 0 Å². The van der Waals surface area contributed by atoms with E-state index in [2.05, 4.69) is 4.74 Å². The molecule has 0 aromatic heterocycles. The van der Waals surface area contributed by atoms with E-state index in [0.717, 1.165) is 13.2 Å². The van der Waals surface area contributed by atoms with Crippen molar-refractivity contribution in [2.75, 3.05) is 7.11 Å². The summed E-state index contributed by atoms with van der Waals surface area (Å²) in [5.74, 6) is -1.64. The van der Waals surface area contributed by atoms with Gasteiger partial charge < -0.3 is 4.74 Å². The number of carbonyl (C=O) groups is 1. The van der Waals surface area contributed by atoms with Crippen LogP contribution in [0.3, 0.4) is 0 Å². The van der Waals surface area contributed by atoms with Crippen LogP contribution in [0.15, 0.2) is 17.0 Å². The number of rotatable bonds is 2. The van der Waals surface area contributed by atoms with E-state index in [9.17, 15) is 17.6 Å². The number of benzene rings is 1. The summed E-state index contributed by atoms with van der Waals surface area (Å²) in [6.07, 6.45) is 0. The van der Waals surface area contributed by atoms with Crippen LogP contribution in [0.5, 0.6) is 0 Å². The van der Waals surface area contributed by atoms with Crippen LogP contribution in [0.25, 0.3) is 0 Å². The lowest BCUT2D eigenvalue weighted by Crippen LogP contribution is -2.09. The Labute approximate surface area is 96.4 Å². The first-order chi connectivity index (χ1) is 7.27. The van der Waals surface area contributed by atoms with Crippen LogP contribution in [0, 0.1) is 12.7 Å². The Morgan fingerprint density at radius 1 is 1.44 bits per heavy atom. The molecule has 0 unspecified atom stereocenters. The standard InChI is InChI=1S/C9H8ClFO4S/c1-5-3-6(9(12)15-2)8(4-7(5)11)16(10,13)14/h3-4H,1-2H3. The molecule has 16 heavy (non-hydrogen) atoms. The molecule has 0 atom stereocenters. The van der Waals surface area contributed by atoms with Crippen LogP contribution in [0.1, 0.15) is 15.9 Å². The van der Waals surface area contributed by atoms with Crippen molar-refractivity contribution in [3.63, 3.8) is 0 Å². The Morgan fingerprint density at radius 3 is 2.44 bits per heavy atom. The zero-order valence-electron chi connectivity index (χ0n) is 8.45. The molecule has 1 rings (SSSR count). The molecule has 0 saturated carbocycles. The molecule has 0 N–H and O–H groups in total. The molecule has 0 bridgehead atoms. The van der Waals surface area contributed by atoms with Crippen molar-refractivity contribution in [2.24, 2.45) is 0 Å². The van der Waals surface area contributed by atoms with Crippen LogP contribution < -0.4 is 0 Å². The fourth-order valence-corrected chi connectivity index (χ4v) is 2.17. The highest BCUT2D eigenvalue weighted by Gasteiger charge is 2.23. The highest BCUT2D eigenvalue weighted by molar-refractivity contribution is 8.13. The van der Waals surface area contributed by atoms with Crippen molar-refractivity contribution < 1.29 is 22.3 Å². The quantitative estimate of drug-likeness (QED) is 0.605. The van der Waals surface area contributed by atoms with Crippen LogP contribution in [-0.4, -0.2) is 21.5 Å². The van der Waals surface area contributed by atoms with Crippen LogP contribution >= 0.6 is 10.7 Å². The number of methoxy groups -OCH3 is 1. The summed E-state index contributed by atoms with van der Waals surface area (Å²) in [5.41, 5.74) is -0.152. The molecular formula is C9H8ClFO4S. The molecule has 0 fully saturated rings. The van der Waals surface area contributed by atoms with Gasteiger partial charge in [0.2, 0.25) is 0 Å². The van der Waals surface area contributed by atoms with Crippen molar-refractivity contribution >= 4 is 25.7 Å². The van der Waals surface area contributed by atoms with E-state index in [1.807, 2.05) is 0 Å². The van der Waals surface area contributed by atoms with Crippen molar-refractivity contribution in [3.05, 3.63) is 29.1 Å². The summed E-state index contributed by atoms with van der Waals surface area (Å²) in [6, 6.07) is 1.78. The summed E-state index contributed by atoms with van der Waals surface area (Å²) >= 11 is 0. The van der Waals surface area contributed by atoms with Crippen LogP contribution in [-0.2, 0) is 13.8 Å². The molecule has 88 valence electrons. The molecule has 0 radical (unpaired) electrons. The van der Waals surface area contributed by atoms with Crippen molar-refractivity contribution in [2.45, 2.75) is 11.8 Å². The molecule has 1 aromatic carbocycles. The molecule has 1 aromatic rings. The first-order valence-electron chi connectivity index (χ1n) is 4.10. The van der Waals surface area contributed by atoms with E-state index in [0.29, 0.717) is 6.07 Å². The van der Waals surface area contributed by atoms with Gasteiger partial charge >= 0.3 is 5.97 Å². The summed E-state index contributed by atoms with van der Waals surface area (Å²) in [7, 11) is 1.98. The summed E-state index contributed by atoms with van der Waals surface area (Å²) < 4.78 is 39.8. The number of esters is 1. The Balaban J connectivity index is 3.58. The monoisotopic (exact) mass is 266 g/mol. The first kappa shape index (κ1) is 12.9. The molecule has 0 saturated heterocycles. The number of carbonyl (C=O) groups excluding carboxylic acids is 1. The maximum atomic E-state index is 13.2. The smallest absolute Gasteiger partial charge is 0.339 e. The number of hydrogen-bond donors (Lipinski definition) is 0. The van der Waals surface area contributed by atoms with Crippen molar-refractivity contribution in [1.82, 2.24) is 0 Å². The molecule has 4 nitrogen and oxygen atoms in total. The minimum atomic E-state index is -4.20. The number of halogens is 2. The predicted octanol–water partition coefficient (Wildman–Crippen LogP) is 1.85. The summed E-state index contributed by atoms with van der Waals surface area (Å²) in [4.78, 5) is 10.7. The number of ether oxygens (including phenoxy) is 1. The molecule has 0 aliphatic carbocycles. The largest absolute Gasteiger partial charge is 0.465 e. The lowest BCUT2D eigenvalue weighted by atomic mass is 10.1. The Kier molecular flexibility index (Phi) is 3.54. The average molecular weight is 267 g/mol. The third kappa shape index (κ3) is 2.51. The van der Waals surface area contributed by atoms with Gasteiger partial charge in [-0.05, 0) is 24.6 Å². The lowest BCUT2D eigenvalue weighted by molar-refractivity contribution is 0.0596. The SMILES string of the molecule is COC(=O)c1cc(C)c(F)cc1S(=O)(=O)Cl. The van der Waals surface area contributed by atoms with Gasteiger partial charge in [-0.1, -0.05) is 0 Å². The van der Waals surface area contributed by atoms with Gasteiger partial charge in [0.25, 0.3) is 9.05 Å². The summed E-state index contributed by atoms with van der Waals surface area (Å²) in [5, 5.41) is 0. The molecule has 0 aliphatic rings. The predicted molar refractivity (Wildman–Crippen MR) is 55.5 cm³/mol. The second-order valence-electron chi connectivity index (χ2n) is 3.03. The van der Waals surface area contributed by atoms with E-state index in [-0.39, 0.29) is 11.1 Å². The average Bonchev–Trinajstić information content (AvgIpc) is 2.18. The van der Waals surface area contributed by atoms with Gasteiger partial charge in [-0.3, -0.25) is 0 Å². The number of aryl methyl sites for hydroxylation is 1. The topological polar surface area (TPSA) is 60.4 Å². The zero-order valence-corrected chi connectivity index (χ0v) is 10.0. The normalized spacial score (nSPS) is 11.2. The van der Waals surface area contributed by atoms with Crippen molar-refractivity contribution in [3.8, 4) is 0 Å². The van der Waals surface area contributed by atoms with Gasteiger partial charge in [-0.2, -0.15) is 0 Å². The van der Waals surface area contributed by atoms with Gasteiger partial charge in [0.05, 0.1) is 17.6 Å². The molecule has 0 aliphatic heterocycles. The molecule has 0 amide bonds. The maximum absolute atomic E-state index is 13.2. The zero-order chi connectivity index (χ0) is 12.5. The lowest BCUT2D eigenvalue weighted by Gasteiger charge is -2.06.